The van der Waals surface area contributed by atoms with E-state index in [2.05, 4.69) is 32.7 Å². The van der Waals surface area contributed by atoms with Gasteiger partial charge in [0.25, 0.3) is 5.89 Å². The number of rotatable bonds is 7. The molecule has 106 valence electrons. The van der Waals surface area contributed by atoms with Gasteiger partial charge in [0, 0.05) is 6.54 Å². The van der Waals surface area contributed by atoms with Crippen molar-refractivity contribution in [1.29, 1.82) is 0 Å². The van der Waals surface area contributed by atoms with Crippen molar-refractivity contribution in [2.75, 3.05) is 13.1 Å². The molecule has 2 rings (SSSR count). The normalized spacial score (nSPS) is 10.9. The van der Waals surface area contributed by atoms with Crippen LogP contribution >= 0.6 is 15.9 Å². The van der Waals surface area contributed by atoms with Crippen molar-refractivity contribution in [3.63, 3.8) is 0 Å². The van der Waals surface area contributed by atoms with E-state index in [4.69, 9.17) is 13.9 Å². The molecule has 0 aliphatic carbocycles. The zero-order chi connectivity index (χ0) is 14.5. The third-order valence-corrected chi connectivity index (χ3v) is 2.78. The van der Waals surface area contributed by atoms with Crippen molar-refractivity contribution < 1.29 is 18.7 Å². The second-order valence-electron chi connectivity index (χ2n) is 3.96. The Hall–Kier alpha value is -1.93. The number of halogens is 1. The van der Waals surface area contributed by atoms with Gasteiger partial charge in [-0.25, -0.2) is 0 Å². The van der Waals surface area contributed by atoms with Gasteiger partial charge in [-0.2, -0.15) is 0 Å². The number of carboxylic acid groups (broad SMARTS) is 1. The molecular formula is C12H12BrN3O4. The average molecular weight is 342 g/mol. The van der Waals surface area contributed by atoms with Crippen molar-refractivity contribution in [2.45, 2.75) is 6.54 Å². The highest BCUT2D eigenvalue weighted by Gasteiger charge is 2.16. The summed E-state index contributed by atoms with van der Waals surface area (Å²) in [5.41, 5.74) is 0. The molecule has 2 aromatic heterocycles. The van der Waals surface area contributed by atoms with Crippen molar-refractivity contribution in [1.82, 2.24) is 15.1 Å². The number of aliphatic carboxylic acids is 1. The van der Waals surface area contributed by atoms with Crippen LogP contribution in [0.25, 0.3) is 11.7 Å². The lowest BCUT2D eigenvalue weighted by molar-refractivity contribution is -0.138. The molecule has 0 unspecified atom stereocenters. The fraction of sp³-hybridized carbons (Fsp3) is 0.250. The first-order valence-corrected chi connectivity index (χ1v) is 6.51. The summed E-state index contributed by atoms with van der Waals surface area (Å²) in [6, 6.07) is 3.41. The molecule has 0 bridgehead atoms. The number of carboxylic acids is 1. The molecule has 2 aromatic rings. The summed E-state index contributed by atoms with van der Waals surface area (Å²) in [4.78, 5) is 12.4. The van der Waals surface area contributed by atoms with Crippen molar-refractivity contribution in [3.8, 4) is 11.7 Å². The molecule has 0 saturated carbocycles. The van der Waals surface area contributed by atoms with Crippen LogP contribution in [0, 0.1) is 0 Å². The smallest absolute Gasteiger partial charge is 0.317 e. The van der Waals surface area contributed by atoms with E-state index in [1.165, 1.54) is 0 Å². The molecule has 0 amide bonds. The third kappa shape index (κ3) is 3.78. The highest BCUT2D eigenvalue weighted by molar-refractivity contribution is 9.10. The minimum Gasteiger partial charge on any atom is -0.480 e. The van der Waals surface area contributed by atoms with Gasteiger partial charge >= 0.3 is 5.97 Å². The minimum atomic E-state index is -0.929. The zero-order valence-corrected chi connectivity index (χ0v) is 12.0. The van der Waals surface area contributed by atoms with E-state index in [9.17, 15) is 4.79 Å². The topological polar surface area (TPSA) is 92.6 Å². The molecule has 1 N–H and O–H groups in total. The maximum atomic E-state index is 10.7. The van der Waals surface area contributed by atoms with Crippen LogP contribution in [0.5, 0.6) is 0 Å². The monoisotopic (exact) mass is 341 g/mol. The van der Waals surface area contributed by atoms with E-state index in [1.54, 1.807) is 23.1 Å². The fourth-order valence-electron chi connectivity index (χ4n) is 1.60. The summed E-state index contributed by atoms with van der Waals surface area (Å²) in [6.45, 7) is 4.10. The second-order valence-corrected chi connectivity index (χ2v) is 4.74. The fourth-order valence-corrected chi connectivity index (χ4v) is 1.90. The Morgan fingerprint density at radius 2 is 2.25 bits per heavy atom. The van der Waals surface area contributed by atoms with Gasteiger partial charge in [-0.1, -0.05) is 6.08 Å². The van der Waals surface area contributed by atoms with Crippen LogP contribution in [0.2, 0.25) is 0 Å². The maximum Gasteiger partial charge on any atom is 0.317 e. The number of hydrogen-bond donors (Lipinski definition) is 1. The Balaban J connectivity index is 2.07. The molecule has 7 nitrogen and oxygen atoms in total. The molecule has 0 saturated heterocycles. The molecule has 0 aliphatic rings. The summed E-state index contributed by atoms with van der Waals surface area (Å²) in [5.74, 6) is 0.0842. The lowest BCUT2D eigenvalue weighted by atomic mass is 10.4. The summed E-state index contributed by atoms with van der Waals surface area (Å²) >= 11 is 3.18. The van der Waals surface area contributed by atoms with E-state index in [0.717, 1.165) is 0 Å². The highest BCUT2D eigenvalue weighted by Crippen LogP contribution is 2.23. The molecule has 0 radical (unpaired) electrons. The largest absolute Gasteiger partial charge is 0.480 e. The molecule has 0 atom stereocenters. The van der Waals surface area contributed by atoms with E-state index in [-0.39, 0.29) is 19.0 Å². The van der Waals surface area contributed by atoms with E-state index in [0.29, 0.717) is 22.9 Å². The van der Waals surface area contributed by atoms with E-state index < -0.39 is 5.97 Å². The molecule has 0 aromatic carbocycles. The van der Waals surface area contributed by atoms with Gasteiger partial charge in [-0.05, 0) is 28.1 Å². The Morgan fingerprint density at radius 1 is 1.45 bits per heavy atom. The number of furan rings is 1. The van der Waals surface area contributed by atoms with E-state index >= 15 is 0 Å². The molecule has 0 fully saturated rings. The summed E-state index contributed by atoms with van der Waals surface area (Å²) in [5, 5.41) is 16.5. The van der Waals surface area contributed by atoms with Gasteiger partial charge < -0.3 is 13.9 Å². The van der Waals surface area contributed by atoms with Crippen LogP contribution in [0.1, 0.15) is 5.89 Å². The highest BCUT2D eigenvalue weighted by atomic mass is 79.9. The number of hydrogen-bond acceptors (Lipinski definition) is 6. The van der Waals surface area contributed by atoms with Gasteiger partial charge in [-0.15, -0.1) is 16.8 Å². The lowest BCUT2D eigenvalue weighted by Gasteiger charge is -2.15. The summed E-state index contributed by atoms with van der Waals surface area (Å²) in [6.07, 6.45) is 1.61. The van der Waals surface area contributed by atoms with Gasteiger partial charge in [0.1, 0.15) is 0 Å². The first-order chi connectivity index (χ1) is 9.58. The predicted octanol–water partition coefficient (Wildman–Crippen LogP) is 2.16. The Labute approximate surface area is 123 Å². The summed E-state index contributed by atoms with van der Waals surface area (Å²) in [7, 11) is 0. The molecule has 0 spiro atoms. The first kappa shape index (κ1) is 14.5. The van der Waals surface area contributed by atoms with Crippen LogP contribution < -0.4 is 0 Å². The van der Waals surface area contributed by atoms with Crippen LogP contribution in [-0.4, -0.2) is 39.3 Å². The first-order valence-electron chi connectivity index (χ1n) is 5.71. The minimum absolute atomic E-state index is 0.129. The van der Waals surface area contributed by atoms with Gasteiger partial charge in [0.2, 0.25) is 5.89 Å². The third-order valence-electron chi connectivity index (χ3n) is 2.36. The average Bonchev–Trinajstić information content (AvgIpc) is 2.97. The van der Waals surface area contributed by atoms with E-state index in [1.807, 2.05) is 0 Å². The number of nitrogens with zero attached hydrogens (tertiary/aromatic N) is 3. The van der Waals surface area contributed by atoms with Crippen LogP contribution in [-0.2, 0) is 11.3 Å². The maximum absolute atomic E-state index is 10.7. The number of aromatic nitrogens is 2. The van der Waals surface area contributed by atoms with Gasteiger partial charge in [0.05, 0.1) is 13.1 Å². The lowest BCUT2D eigenvalue weighted by Crippen LogP contribution is -2.29. The van der Waals surface area contributed by atoms with Crippen molar-refractivity contribution in [3.05, 3.63) is 35.3 Å². The zero-order valence-electron chi connectivity index (χ0n) is 10.5. The molecule has 2 heterocycles. The van der Waals surface area contributed by atoms with Crippen molar-refractivity contribution in [2.24, 2.45) is 0 Å². The van der Waals surface area contributed by atoms with Gasteiger partial charge in [0.15, 0.2) is 10.4 Å². The number of carbonyl (C=O) groups is 1. The molecule has 8 heteroatoms. The molecule has 0 aliphatic heterocycles. The van der Waals surface area contributed by atoms with Crippen LogP contribution in [0.4, 0.5) is 0 Å². The molecular weight excluding hydrogens is 330 g/mol. The summed E-state index contributed by atoms with van der Waals surface area (Å²) < 4.78 is 11.3. The second kappa shape index (κ2) is 6.49. The predicted molar refractivity (Wildman–Crippen MR) is 72.8 cm³/mol. The standard InChI is InChI=1S/C12H12BrN3O4/c1-2-5-16(7-11(17)18)6-10-14-15-12(20-10)8-3-4-9(13)19-8/h2-4H,1,5-7H2,(H,17,18). The SMILES string of the molecule is C=CCN(CC(=O)O)Cc1nnc(-c2ccc(Br)o2)o1. The van der Waals surface area contributed by atoms with Crippen molar-refractivity contribution >= 4 is 21.9 Å². The Kier molecular flexibility index (Phi) is 4.70. The quantitative estimate of drug-likeness (QED) is 0.771. The Morgan fingerprint density at radius 3 is 2.85 bits per heavy atom. The molecule has 20 heavy (non-hydrogen) atoms. The van der Waals surface area contributed by atoms with Crippen LogP contribution in [0.3, 0.4) is 0 Å². The van der Waals surface area contributed by atoms with Crippen LogP contribution in [0.15, 0.2) is 38.3 Å². The van der Waals surface area contributed by atoms with Gasteiger partial charge in [-0.3, -0.25) is 9.69 Å². The Bertz CT molecular complexity index is 607.